The van der Waals surface area contributed by atoms with E-state index < -0.39 is 0 Å². The number of carbonyl (C=O) groups excluding carboxylic acids is 1. The molecule has 1 aliphatic carbocycles. The van der Waals surface area contributed by atoms with Crippen LogP contribution in [0.15, 0.2) is 23.0 Å². The molecule has 92 valence electrons. The van der Waals surface area contributed by atoms with Crippen LogP contribution in [0.2, 0.25) is 0 Å². The third kappa shape index (κ3) is 2.57. The Morgan fingerprint density at radius 3 is 2.71 bits per heavy atom. The van der Waals surface area contributed by atoms with Crippen LogP contribution in [0.3, 0.4) is 0 Å². The molecule has 0 aromatic carbocycles. The van der Waals surface area contributed by atoms with Crippen LogP contribution in [-0.4, -0.2) is 17.4 Å². The number of hydrogen-bond donors (Lipinski definition) is 2. The van der Waals surface area contributed by atoms with Gasteiger partial charge in [-0.1, -0.05) is 19.9 Å². The zero-order valence-electron chi connectivity index (χ0n) is 10.2. The topological polar surface area (TPSA) is 62.0 Å². The van der Waals surface area contributed by atoms with Crippen molar-refractivity contribution in [1.29, 1.82) is 0 Å². The van der Waals surface area contributed by atoms with E-state index in [9.17, 15) is 9.59 Å². The summed E-state index contributed by atoms with van der Waals surface area (Å²) < 4.78 is 0. The molecular weight excluding hydrogens is 216 g/mol. The van der Waals surface area contributed by atoms with E-state index in [1.54, 1.807) is 12.1 Å². The maximum absolute atomic E-state index is 11.8. The lowest BCUT2D eigenvalue weighted by Crippen LogP contribution is -2.33. The highest BCUT2D eigenvalue weighted by molar-refractivity contribution is 5.92. The van der Waals surface area contributed by atoms with Gasteiger partial charge in [-0.25, -0.2) is 0 Å². The Morgan fingerprint density at radius 1 is 1.47 bits per heavy atom. The van der Waals surface area contributed by atoms with Gasteiger partial charge in [0.15, 0.2) is 0 Å². The fourth-order valence-corrected chi connectivity index (χ4v) is 2.05. The third-order valence-corrected chi connectivity index (χ3v) is 3.73. The predicted molar refractivity (Wildman–Crippen MR) is 65.9 cm³/mol. The van der Waals surface area contributed by atoms with Crippen molar-refractivity contribution < 1.29 is 4.79 Å². The number of carbonyl (C=O) groups is 1. The average Bonchev–Trinajstić information content (AvgIpc) is 3.07. The summed E-state index contributed by atoms with van der Waals surface area (Å²) >= 11 is 0. The van der Waals surface area contributed by atoms with Crippen LogP contribution >= 0.6 is 0 Å². The second-order valence-corrected chi connectivity index (χ2v) is 5.13. The number of pyridine rings is 1. The van der Waals surface area contributed by atoms with Gasteiger partial charge in [-0.3, -0.25) is 9.59 Å². The first-order valence-corrected chi connectivity index (χ1v) is 6.01. The van der Waals surface area contributed by atoms with E-state index in [4.69, 9.17) is 0 Å². The average molecular weight is 234 g/mol. The molecule has 2 N–H and O–H groups in total. The van der Waals surface area contributed by atoms with Crippen molar-refractivity contribution in [2.75, 3.05) is 6.54 Å². The number of H-pyrrole nitrogens is 1. The normalized spacial score (nSPS) is 16.9. The first-order chi connectivity index (χ1) is 8.03. The van der Waals surface area contributed by atoms with Crippen molar-refractivity contribution in [2.45, 2.75) is 26.7 Å². The first-order valence-electron chi connectivity index (χ1n) is 6.01. The molecule has 4 nitrogen and oxygen atoms in total. The van der Waals surface area contributed by atoms with E-state index in [1.165, 1.54) is 18.9 Å². The zero-order chi connectivity index (χ0) is 12.5. The van der Waals surface area contributed by atoms with Crippen molar-refractivity contribution >= 4 is 5.91 Å². The summed E-state index contributed by atoms with van der Waals surface area (Å²) in [6.45, 7) is 5.06. The minimum atomic E-state index is -0.248. The lowest BCUT2D eigenvalue weighted by atomic mass is 9.92. The lowest BCUT2D eigenvalue weighted by molar-refractivity contribution is 0.0934. The van der Waals surface area contributed by atoms with E-state index in [1.807, 2.05) is 0 Å². The summed E-state index contributed by atoms with van der Waals surface area (Å²) in [6, 6.07) is 4.60. The number of hydrogen-bond acceptors (Lipinski definition) is 2. The molecule has 0 spiro atoms. The molecule has 1 heterocycles. The molecular formula is C13H18N2O2. The summed E-state index contributed by atoms with van der Waals surface area (Å²) in [5.41, 5.74) is 0.366. The maximum atomic E-state index is 11.8. The standard InChI is InChI=1S/C13H18N2O2/c1-9(2)13(6-7-13)8-14-12(17)10-4-3-5-11(16)15-10/h3-5,9H,6-8H2,1-2H3,(H,14,17)(H,15,16). The molecule has 1 fully saturated rings. The van der Waals surface area contributed by atoms with E-state index in [-0.39, 0.29) is 16.9 Å². The van der Waals surface area contributed by atoms with Gasteiger partial charge in [0, 0.05) is 12.6 Å². The molecule has 0 unspecified atom stereocenters. The van der Waals surface area contributed by atoms with Crippen LogP contribution in [0.25, 0.3) is 0 Å². The SMILES string of the molecule is CC(C)C1(CNC(=O)c2cccc(=O)[nH]2)CC1. The Morgan fingerprint density at radius 2 is 2.18 bits per heavy atom. The van der Waals surface area contributed by atoms with Gasteiger partial charge in [0.25, 0.3) is 5.91 Å². The highest BCUT2D eigenvalue weighted by Crippen LogP contribution is 2.51. The van der Waals surface area contributed by atoms with E-state index in [2.05, 4.69) is 24.1 Å². The van der Waals surface area contributed by atoms with Crippen LogP contribution in [0.4, 0.5) is 0 Å². The molecule has 2 rings (SSSR count). The number of amides is 1. The molecule has 1 aromatic heterocycles. The molecule has 17 heavy (non-hydrogen) atoms. The van der Waals surface area contributed by atoms with Crippen LogP contribution in [0.1, 0.15) is 37.2 Å². The fraction of sp³-hybridized carbons (Fsp3) is 0.538. The highest BCUT2D eigenvalue weighted by atomic mass is 16.2. The quantitative estimate of drug-likeness (QED) is 0.830. The molecule has 1 aromatic rings. The van der Waals surface area contributed by atoms with Gasteiger partial charge < -0.3 is 10.3 Å². The molecule has 1 aliphatic rings. The molecule has 0 bridgehead atoms. The summed E-state index contributed by atoms with van der Waals surface area (Å²) in [6.07, 6.45) is 2.35. The predicted octanol–water partition coefficient (Wildman–Crippen LogP) is 1.54. The smallest absolute Gasteiger partial charge is 0.267 e. The largest absolute Gasteiger partial charge is 0.350 e. The Hall–Kier alpha value is -1.58. The number of rotatable bonds is 4. The van der Waals surface area contributed by atoms with E-state index >= 15 is 0 Å². The molecule has 0 atom stereocenters. The lowest BCUT2D eigenvalue weighted by Gasteiger charge is -2.19. The Labute approximate surface area is 100 Å². The van der Waals surface area contributed by atoms with E-state index in [0.717, 1.165) is 0 Å². The van der Waals surface area contributed by atoms with Crippen molar-refractivity contribution in [3.05, 3.63) is 34.2 Å². The second kappa shape index (κ2) is 4.35. The van der Waals surface area contributed by atoms with Gasteiger partial charge >= 0.3 is 0 Å². The van der Waals surface area contributed by atoms with Crippen LogP contribution < -0.4 is 10.9 Å². The van der Waals surface area contributed by atoms with Crippen molar-refractivity contribution in [1.82, 2.24) is 10.3 Å². The molecule has 4 heteroatoms. The van der Waals surface area contributed by atoms with Gasteiger partial charge in [-0.2, -0.15) is 0 Å². The van der Waals surface area contributed by atoms with E-state index in [0.29, 0.717) is 18.2 Å². The van der Waals surface area contributed by atoms with Crippen molar-refractivity contribution in [2.24, 2.45) is 11.3 Å². The number of nitrogens with one attached hydrogen (secondary N) is 2. The summed E-state index contributed by atoms with van der Waals surface area (Å²) in [7, 11) is 0. The van der Waals surface area contributed by atoms with Crippen LogP contribution in [0.5, 0.6) is 0 Å². The van der Waals surface area contributed by atoms with Crippen molar-refractivity contribution in [3.8, 4) is 0 Å². The minimum absolute atomic E-state index is 0.199. The number of aromatic nitrogens is 1. The molecule has 0 aliphatic heterocycles. The zero-order valence-corrected chi connectivity index (χ0v) is 10.2. The third-order valence-electron chi connectivity index (χ3n) is 3.73. The molecule has 1 saturated carbocycles. The molecule has 1 amide bonds. The monoisotopic (exact) mass is 234 g/mol. The van der Waals surface area contributed by atoms with Gasteiger partial charge in [0.2, 0.25) is 5.56 Å². The summed E-state index contributed by atoms with van der Waals surface area (Å²) in [5, 5.41) is 2.90. The first kappa shape index (κ1) is 11.9. The number of aromatic amines is 1. The Bertz CT molecular complexity index is 472. The van der Waals surface area contributed by atoms with Crippen LogP contribution in [-0.2, 0) is 0 Å². The van der Waals surface area contributed by atoms with Gasteiger partial charge in [0.05, 0.1) is 0 Å². The van der Waals surface area contributed by atoms with Gasteiger partial charge in [0.1, 0.15) is 5.69 Å². The molecule has 0 saturated heterocycles. The highest BCUT2D eigenvalue weighted by Gasteiger charge is 2.45. The molecule has 0 radical (unpaired) electrons. The Kier molecular flexibility index (Phi) is 3.05. The van der Waals surface area contributed by atoms with Crippen LogP contribution in [0, 0.1) is 11.3 Å². The second-order valence-electron chi connectivity index (χ2n) is 5.13. The summed E-state index contributed by atoms with van der Waals surface area (Å²) in [5.74, 6) is 0.382. The Balaban J connectivity index is 1.97. The van der Waals surface area contributed by atoms with Gasteiger partial charge in [-0.15, -0.1) is 0 Å². The van der Waals surface area contributed by atoms with Crippen molar-refractivity contribution in [3.63, 3.8) is 0 Å². The summed E-state index contributed by atoms with van der Waals surface area (Å²) in [4.78, 5) is 25.4. The van der Waals surface area contributed by atoms with Gasteiger partial charge in [-0.05, 0) is 30.2 Å². The minimum Gasteiger partial charge on any atom is -0.350 e. The maximum Gasteiger partial charge on any atom is 0.267 e. The fourth-order valence-electron chi connectivity index (χ4n) is 2.05.